The molecule has 0 aliphatic heterocycles. The molecule has 0 bridgehead atoms. The summed E-state index contributed by atoms with van der Waals surface area (Å²) in [4.78, 5) is 0. The highest BCUT2D eigenvalue weighted by atomic mass is 14.6. The maximum absolute atomic E-state index is 2.42. The highest BCUT2D eigenvalue weighted by Gasteiger charge is 2.57. The Bertz CT molecular complexity index is 171. The van der Waals surface area contributed by atoms with E-state index in [4.69, 9.17) is 0 Å². The van der Waals surface area contributed by atoms with E-state index in [1.165, 1.54) is 19.3 Å². The summed E-state index contributed by atoms with van der Waals surface area (Å²) in [7, 11) is 0. The second-order valence-electron chi connectivity index (χ2n) is 5.34. The molecule has 2 rings (SSSR count). The molecule has 0 heteroatoms. The summed E-state index contributed by atoms with van der Waals surface area (Å²) in [6.07, 6.45) is 7.58. The summed E-state index contributed by atoms with van der Waals surface area (Å²) < 4.78 is 0. The first kappa shape index (κ1) is 8.59. The van der Waals surface area contributed by atoms with Crippen molar-refractivity contribution in [2.24, 2.45) is 23.2 Å². The van der Waals surface area contributed by atoms with E-state index in [9.17, 15) is 0 Å². The van der Waals surface area contributed by atoms with Crippen molar-refractivity contribution in [1.82, 2.24) is 0 Å². The van der Waals surface area contributed by atoms with Crippen LogP contribution in [0, 0.1) is 23.2 Å². The smallest absolute Gasteiger partial charge is 0.0243 e. The van der Waals surface area contributed by atoms with Crippen LogP contribution in [0.1, 0.15) is 52.9 Å². The van der Waals surface area contributed by atoms with Gasteiger partial charge in [-0.2, -0.15) is 0 Å². The molecule has 2 aliphatic carbocycles. The van der Waals surface area contributed by atoms with Crippen LogP contribution in [0.3, 0.4) is 0 Å². The quantitative estimate of drug-likeness (QED) is 0.584. The summed E-state index contributed by atoms with van der Waals surface area (Å²) in [5.74, 6) is 3.14. The third-order valence-electron chi connectivity index (χ3n) is 4.64. The predicted molar refractivity (Wildman–Crippen MR) is 53.0 cm³/mol. The molecule has 3 atom stereocenters. The first-order valence-corrected chi connectivity index (χ1v) is 5.69. The van der Waals surface area contributed by atoms with E-state index in [-0.39, 0.29) is 0 Å². The van der Waals surface area contributed by atoms with E-state index < -0.39 is 0 Å². The molecule has 0 spiro atoms. The van der Waals surface area contributed by atoms with Gasteiger partial charge < -0.3 is 0 Å². The molecule has 0 aromatic carbocycles. The lowest BCUT2D eigenvalue weighted by Crippen LogP contribution is -2.20. The van der Waals surface area contributed by atoms with Crippen LogP contribution in [0.5, 0.6) is 0 Å². The topological polar surface area (TPSA) is 0 Å². The van der Waals surface area contributed by atoms with Crippen LogP contribution in [-0.2, 0) is 0 Å². The zero-order valence-corrected chi connectivity index (χ0v) is 8.77. The van der Waals surface area contributed by atoms with Crippen LogP contribution in [0.15, 0.2) is 0 Å². The van der Waals surface area contributed by atoms with Gasteiger partial charge in [-0.3, -0.25) is 0 Å². The van der Waals surface area contributed by atoms with Crippen LogP contribution in [0.2, 0.25) is 0 Å². The Morgan fingerprint density at radius 3 is 2.67 bits per heavy atom. The SMILES string of the molecule is CC[C@H]1CC[C@@]2(C(C)C)C[C@H]2C1. The first-order valence-electron chi connectivity index (χ1n) is 5.69. The van der Waals surface area contributed by atoms with E-state index in [1.807, 2.05) is 0 Å². The fourth-order valence-electron chi connectivity index (χ4n) is 3.38. The lowest BCUT2D eigenvalue weighted by Gasteiger charge is -2.30. The van der Waals surface area contributed by atoms with Crippen molar-refractivity contribution < 1.29 is 0 Å². The van der Waals surface area contributed by atoms with Gasteiger partial charge in [0.2, 0.25) is 0 Å². The molecule has 0 nitrogen and oxygen atoms in total. The van der Waals surface area contributed by atoms with Gasteiger partial charge in [-0.25, -0.2) is 0 Å². The first-order chi connectivity index (χ1) is 5.69. The minimum Gasteiger partial charge on any atom is -0.0651 e. The highest BCUT2D eigenvalue weighted by Crippen LogP contribution is 2.66. The molecule has 0 heterocycles. The summed E-state index contributed by atoms with van der Waals surface area (Å²) in [5.41, 5.74) is 0.825. The van der Waals surface area contributed by atoms with Crippen molar-refractivity contribution in [2.75, 3.05) is 0 Å². The lowest BCUT2D eigenvalue weighted by atomic mass is 9.75. The van der Waals surface area contributed by atoms with Gasteiger partial charge in [-0.1, -0.05) is 27.2 Å². The minimum absolute atomic E-state index is 0.825. The van der Waals surface area contributed by atoms with Gasteiger partial charge in [-0.15, -0.1) is 0 Å². The van der Waals surface area contributed by atoms with Crippen molar-refractivity contribution in [1.29, 1.82) is 0 Å². The maximum atomic E-state index is 2.42. The van der Waals surface area contributed by atoms with E-state index in [1.54, 1.807) is 12.8 Å². The number of hydrogen-bond donors (Lipinski definition) is 0. The van der Waals surface area contributed by atoms with Crippen molar-refractivity contribution in [2.45, 2.75) is 52.9 Å². The van der Waals surface area contributed by atoms with Gasteiger partial charge in [0, 0.05) is 0 Å². The Hall–Kier alpha value is 0. The average molecular weight is 166 g/mol. The zero-order chi connectivity index (χ0) is 8.77. The maximum Gasteiger partial charge on any atom is -0.0243 e. The molecule has 0 aromatic rings. The molecule has 0 radical (unpaired) electrons. The Balaban J connectivity index is 1.96. The molecule has 0 N–H and O–H groups in total. The monoisotopic (exact) mass is 166 g/mol. The van der Waals surface area contributed by atoms with Crippen LogP contribution >= 0.6 is 0 Å². The number of hydrogen-bond acceptors (Lipinski definition) is 0. The molecule has 2 saturated carbocycles. The van der Waals surface area contributed by atoms with Crippen molar-refractivity contribution >= 4 is 0 Å². The van der Waals surface area contributed by atoms with Crippen LogP contribution in [-0.4, -0.2) is 0 Å². The zero-order valence-electron chi connectivity index (χ0n) is 8.77. The van der Waals surface area contributed by atoms with Gasteiger partial charge >= 0.3 is 0 Å². The second-order valence-corrected chi connectivity index (χ2v) is 5.34. The Morgan fingerprint density at radius 1 is 1.42 bits per heavy atom. The van der Waals surface area contributed by atoms with Crippen molar-refractivity contribution in [3.63, 3.8) is 0 Å². The fraction of sp³-hybridized carbons (Fsp3) is 1.00. The van der Waals surface area contributed by atoms with Crippen molar-refractivity contribution in [3.8, 4) is 0 Å². The number of rotatable bonds is 2. The normalized spacial score (nSPS) is 46.0. The Labute approximate surface area is 76.7 Å². The van der Waals surface area contributed by atoms with Crippen molar-refractivity contribution in [3.05, 3.63) is 0 Å². The third-order valence-corrected chi connectivity index (χ3v) is 4.64. The molecule has 70 valence electrons. The van der Waals surface area contributed by atoms with Gasteiger partial charge in [0.1, 0.15) is 0 Å². The van der Waals surface area contributed by atoms with E-state index in [0.717, 1.165) is 23.2 Å². The molecule has 12 heavy (non-hydrogen) atoms. The third kappa shape index (κ3) is 1.11. The van der Waals surface area contributed by atoms with Crippen LogP contribution in [0.25, 0.3) is 0 Å². The van der Waals surface area contributed by atoms with Gasteiger partial charge in [0.15, 0.2) is 0 Å². The lowest BCUT2D eigenvalue weighted by molar-refractivity contribution is 0.203. The number of fused-ring (bicyclic) bond motifs is 1. The molecule has 0 saturated heterocycles. The average Bonchev–Trinajstić information content (AvgIpc) is 2.78. The summed E-state index contributed by atoms with van der Waals surface area (Å²) >= 11 is 0. The highest BCUT2D eigenvalue weighted by molar-refractivity contribution is 5.07. The molecular formula is C12H22. The summed E-state index contributed by atoms with van der Waals surface area (Å²) in [5, 5.41) is 0. The molecule has 2 aliphatic rings. The molecule has 0 aromatic heterocycles. The fourth-order valence-corrected chi connectivity index (χ4v) is 3.38. The predicted octanol–water partition coefficient (Wildman–Crippen LogP) is 3.86. The largest absolute Gasteiger partial charge is 0.0651 e. The second kappa shape index (κ2) is 2.75. The van der Waals surface area contributed by atoms with Gasteiger partial charge in [0.05, 0.1) is 0 Å². The summed E-state index contributed by atoms with van der Waals surface area (Å²) in [6, 6.07) is 0. The molecule has 2 fully saturated rings. The molecular weight excluding hydrogens is 144 g/mol. The van der Waals surface area contributed by atoms with Gasteiger partial charge in [0.25, 0.3) is 0 Å². The Morgan fingerprint density at radius 2 is 2.17 bits per heavy atom. The van der Waals surface area contributed by atoms with Crippen LogP contribution in [0.4, 0.5) is 0 Å². The van der Waals surface area contributed by atoms with Crippen LogP contribution < -0.4 is 0 Å². The van der Waals surface area contributed by atoms with Gasteiger partial charge in [-0.05, 0) is 48.9 Å². The molecule has 0 amide bonds. The van der Waals surface area contributed by atoms with E-state index in [2.05, 4.69) is 20.8 Å². The standard InChI is InChI=1S/C12H22/c1-4-10-5-6-12(9(2)3)8-11(12)7-10/h9-11H,4-8H2,1-3H3/t10-,11+,12-/m0/s1. The summed E-state index contributed by atoms with van der Waals surface area (Å²) in [6.45, 7) is 7.20. The Kier molecular flexibility index (Phi) is 1.97. The minimum atomic E-state index is 0.825. The molecule has 0 unspecified atom stereocenters. The van der Waals surface area contributed by atoms with E-state index in [0.29, 0.717) is 0 Å². The van der Waals surface area contributed by atoms with E-state index >= 15 is 0 Å².